The van der Waals surface area contributed by atoms with Crippen LogP contribution in [0, 0.1) is 5.92 Å². The van der Waals surface area contributed by atoms with Gasteiger partial charge in [-0.05, 0) is 47.7 Å². The molecule has 3 rings (SSSR count). The zero-order valence-electron chi connectivity index (χ0n) is 14.6. The summed E-state index contributed by atoms with van der Waals surface area (Å²) in [5.41, 5.74) is 1.80. The van der Waals surface area contributed by atoms with Gasteiger partial charge >= 0.3 is 0 Å². The van der Waals surface area contributed by atoms with Crippen molar-refractivity contribution in [3.8, 4) is 0 Å². The van der Waals surface area contributed by atoms with E-state index in [2.05, 4.69) is 26.0 Å². The fourth-order valence-corrected chi connectivity index (χ4v) is 4.14. The molecular weight excluding hydrogens is 432 g/mol. The fourth-order valence-electron chi connectivity index (χ4n) is 2.84. The van der Waals surface area contributed by atoms with E-state index in [-0.39, 0.29) is 22.6 Å². The molecule has 1 fully saturated rings. The standard InChI is InChI=1S/C19H19BrN2O4S/c1-12(23)21-11-13-2-8-16(9-3-13)27(25,26)22-19(24)18-10-17(18)14-4-6-15(20)7-5-14/h2-9,17-18H,10-11H2,1H3,(H,21,23)(H,22,24)/t17-,18+/m0/s1. The summed E-state index contributed by atoms with van der Waals surface area (Å²) in [6, 6.07) is 13.7. The first kappa shape index (κ1) is 19.6. The average molecular weight is 451 g/mol. The number of sulfonamides is 1. The molecule has 2 N–H and O–H groups in total. The van der Waals surface area contributed by atoms with E-state index in [0.29, 0.717) is 13.0 Å². The van der Waals surface area contributed by atoms with Crippen molar-refractivity contribution in [3.05, 3.63) is 64.1 Å². The highest BCUT2D eigenvalue weighted by Crippen LogP contribution is 2.47. The second-order valence-corrected chi connectivity index (χ2v) is 9.12. The lowest BCUT2D eigenvalue weighted by molar-refractivity contribution is -0.121. The first-order valence-electron chi connectivity index (χ1n) is 8.42. The van der Waals surface area contributed by atoms with E-state index in [9.17, 15) is 18.0 Å². The number of hydrogen-bond acceptors (Lipinski definition) is 4. The Hall–Kier alpha value is -2.19. The first-order valence-corrected chi connectivity index (χ1v) is 10.7. The molecule has 27 heavy (non-hydrogen) atoms. The summed E-state index contributed by atoms with van der Waals surface area (Å²) in [5.74, 6) is -0.928. The largest absolute Gasteiger partial charge is 0.352 e. The normalized spacial score (nSPS) is 18.6. The van der Waals surface area contributed by atoms with Crippen molar-refractivity contribution in [2.45, 2.75) is 30.7 Å². The third-order valence-electron chi connectivity index (χ3n) is 4.44. The summed E-state index contributed by atoms with van der Waals surface area (Å²) < 4.78 is 28.0. The topological polar surface area (TPSA) is 92.3 Å². The van der Waals surface area contributed by atoms with Gasteiger partial charge in [0.05, 0.1) is 4.90 Å². The van der Waals surface area contributed by atoms with Crippen LogP contribution >= 0.6 is 15.9 Å². The maximum absolute atomic E-state index is 12.4. The van der Waals surface area contributed by atoms with Gasteiger partial charge in [0.1, 0.15) is 0 Å². The van der Waals surface area contributed by atoms with Crippen LogP contribution in [0.4, 0.5) is 0 Å². The Morgan fingerprint density at radius 2 is 1.70 bits per heavy atom. The number of amides is 2. The van der Waals surface area contributed by atoms with Gasteiger partial charge in [0.15, 0.2) is 0 Å². The summed E-state index contributed by atoms with van der Waals surface area (Å²) in [7, 11) is -3.92. The van der Waals surface area contributed by atoms with Crippen LogP contribution in [0.1, 0.15) is 30.4 Å². The van der Waals surface area contributed by atoms with Crippen molar-refractivity contribution in [3.63, 3.8) is 0 Å². The van der Waals surface area contributed by atoms with Crippen LogP contribution in [0.15, 0.2) is 57.9 Å². The van der Waals surface area contributed by atoms with Crippen LogP contribution in [0.25, 0.3) is 0 Å². The van der Waals surface area contributed by atoms with Crippen molar-refractivity contribution in [1.82, 2.24) is 10.0 Å². The Morgan fingerprint density at radius 3 is 2.30 bits per heavy atom. The van der Waals surface area contributed by atoms with Crippen LogP contribution in [-0.2, 0) is 26.2 Å². The maximum atomic E-state index is 12.4. The summed E-state index contributed by atoms with van der Waals surface area (Å²) >= 11 is 3.37. The monoisotopic (exact) mass is 450 g/mol. The van der Waals surface area contributed by atoms with Crippen molar-refractivity contribution in [2.75, 3.05) is 0 Å². The molecule has 0 aromatic heterocycles. The molecule has 2 aromatic carbocycles. The molecule has 1 aliphatic carbocycles. The minimum absolute atomic E-state index is 0.0169. The van der Waals surface area contributed by atoms with E-state index in [1.54, 1.807) is 12.1 Å². The summed E-state index contributed by atoms with van der Waals surface area (Å²) in [6.07, 6.45) is 0.638. The number of carbonyl (C=O) groups excluding carboxylic acids is 2. The summed E-state index contributed by atoms with van der Waals surface area (Å²) in [6.45, 7) is 1.73. The third kappa shape index (κ3) is 4.95. The number of halogens is 1. The second-order valence-electron chi connectivity index (χ2n) is 6.52. The van der Waals surface area contributed by atoms with Gasteiger partial charge in [0.25, 0.3) is 10.0 Å². The molecule has 8 heteroatoms. The molecular formula is C19H19BrN2O4S. The Bertz CT molecular complexity index is 956. The van der Waals surface area contributed by atoms with Gasteiger partial charge in [-0.3, -0.25) is 9.59 Å². The number of benzene rings is 2. The smallest absolute Gasteiger partial charge is 0.264 e. The van der Waals surface area contributed by atoms with E-state index in [1.165, 1.54) is 19.1 Å². The zero-order chi connectivity index (χ0) is 19.6. The van der Waals surface area contributed by atoms with Gasteiger partial charge in [0.2, 0.25) is 11.8 Å². The zero-order valence-corrected chi connectivity index (χ0v) is 17.0. The number of nitrogens with one attached hydrogen (secondary N) is 2. The Morgan fingerprint density at radius 1 is 1.07 bits per heavy atom. The molecule has 0 unspecified atom stereocenters. The minimum atomic E-state index is -3.92. The highest BCUT2D eigenvalue weighted by atomic mass is 79.9. The van der Waals surface area contributed by atoms with E-state index in [0.717, 1.165) is 15.6 Å². The van der Waals surface area contributed by atoms with Crippen LogP contribution in [-0.4, -0.2) is 20.2 Å². The van der Waals surface area contributed by atoms with Crippen LogP contribution in [0.2, 0.25) is 0 Å². The average Bonchev–Trinajstić information content (AvgIpc) is 3.41. The number of carbonyl (C=O) groups is 2. The molecule has 0 radical (unpaired) electrons. The molecule has 0 bridgehead atoms. The molecule has 0 aliphatic heterocycles. The van der Waals surface area contributed by atoms with Crippen LogP contribution < -0.4 is 10.0 Å². The Kier molecular flexibility index (Phi) is 5.67. The van der Waals surface area contributed by atoms with Crippen molar-refractivity contribution < 1.29 is 18.0 Å². The molecule has 2 atom stereocenters. The molecule has 2 aromatic rings. The van der Waals surface area contributed by atoms with Gasteiger partial charge in [-0.15, -0.1) is 0 Å². The van der Waals surface area contributed by atoms with Crippen molar-refractivity contribution in [1.29, 1.82) is 0 Å². The van der Waals surface area contributed by atoms with Crippen LogP contribution in [0.3, 0.4) is 0 Å². The molecule has 0 saturated heterocycles. The fraction of sp³-hybridized carbons (Fsp3) is 0.263. The van der Waals surface area contributed by atoms with E-state index in [4.69, 9.17) is 0 Å². The molecule has 0 spiro atoms. The van der Waals surface area contributed by atoms with Crippen molar-refractivity contribution >= 4 is 37.8 Å². The summed E-state index contributed by atoms with van der Waals surface area (Å²) in [5, 5.41) is 2.64. The van der Waals surface area contributed by atoms with E-state index < -0.39 is 15.9 Å². The predicted molar refractivity (Wildman–Crippen MR) is 104 cm³/mol. The van der Waals surface area contributed by atoms with Gasteiger partial charge < -0.3 is 5.32 Å². The van der Waals surface area contributed by atoms with Gasteiger partial charge in [-0.2, -0.15) is 0 Å². The second kappa shape index (κ2) is 7.82. The lowest BCUT2D eigenvalue weighted by Gasteiger charge is -2.08. The van der Waals surface area contributed by atoms with Crippen molar-refractivity contribution in [2.24, 2.45) is 5.92 Å². The Labute approximate surface area is 166 Å². The maximum Gasteiger partial charge on any atom is 0.264 e. The minimum Gasteiger partial charge on any atom is -0.352 e. The van der Waals surface area contributed by atoms with Gasteiger partial charge in [-0.25, -0.2) is 13.1 Å². The quantitative estimate of drug-likeness (QED) is 0.707. The molecule has 1 saturated carbocycles. The first-order chi connectivity index (χ1) is 12.8. The molecule has 0 heterocycles. The molecule has 6 nitrogen and oxygen atoms in total. The lowest BCUT2D eigenvalue weighted by atomic mass is 10.1. The number of rotatable bonds is 6. The molecule has 142 valence electrons. The summed E-state index contributed by atoms with van der Waals surface area (Å²) in [4.78, 5) is 23.3. The predicted octanol–water partition coefficient (Wildman–Crippen LogP) is 2.69. The Balaban J connectivity index is 1.62. The van der Waals surface area contributed by atoms with Gasteiger partial charge in [0, 0.05) is 23.9 Å². The SMILES string of the molecule is CC(=O)NCc1ccc(S(=O)(=O)NC(=O)[C@@H]2C[C@H]2c2ccc(Br)cc2)cc1. The molecule has 1 aliphatic rings. The highest BCUT2D eigenvalue weighted by Gasteiger charge is 2.45. The third-order valence-corrected chi connectivity index (χ3v) is 6.33. The van der Waals surface area contributed by atoms with E-state index >= 15 is 0 Å². The molecule has 2 amide bonds. The van der Waals surface area contributed by atoms with Crippen LogP contribution in [0.5, 0.6) is 0 Å². The van der Waals surface area contributed by atoms with E-state index in [1.807, 2.05) is 24.3 Å². The highest BCUT2D eigenvalue weighted by molar-refractivity contribution is 9.10. The number of hydrogen-bond donors (Lipinski definition) is 2. The van der Waals surface area contributed by atoms with Gasteiger partial charge in [-0.1, -0.05) is 40.2 Å². The lowest BCUT2D eigenvalue weighted by Crippen LogP contribution is -2.32.